The standard InChI is InChI=1S/C16H28N4S.HI/c1-4-5-13-6-8-14(9-7-13)20-16(17-3)19-11-15-18-10-12(2)21-15;/h10,13-14H,4-9,11H2,1-3H3,(H2,17,19,20);1H. The van der Waals surface area contributed by atoms with Crippen molar-refractivity contribution in [1.29, 1.82) is 0 Å². The Hall–Kier alpha value is -0.370. The molecule has 1 heterocycles. The van der Waals surface area contributed by atoms with Crippen molar-refractivity contribution >= 4 is 41.3 Å². The lowest BCUT2D eigenvalue weighted by Crippen LogP contribution is -2.44. The zero-order valence-electron chi connectivity index (χ0n) is 13.9. The van der Waals surface area contributed by atoms with Crippen molar-refractivity contribution in [2.24, 2.45) is 10.9 Å². The van der Waals surface area contributed by atoms with Gasteiger partial charge >= 0.3 is 0 Å². The fourth-order valence-electron chi connectivity index (χ4n) is 3.03. The second kappa shape index (κ2) is 10.4. The normalized spacial score (nSPS) is 22.0. The molecule has 0 radical (unpaired) electrons. The fourth-order valence-corrected chi connectivity index (χ4v) is 3.76. The summed E-state index contributed by atoms with van der Waals surface area (Å²) in [7, 11) is 1.84. The van der Waals surface area contributed by atoms with Gasteiger partial charge in [0.2, 0.25) is 0 Å². The summed E-state index contributed by atoms with van der Waals surface area (Å²) in [6, 6.07) is 0.572. The van der Waals surface area contributed by atoms with Crippen LogP contribution < -0.4 is 10.6 Å². The molecule has 0 spiro atoms. The molecule has 1 aromatic rings. The van der Waals surface area contributed by atoms with Crippen LogP contribution in [-0.2, 0) is 6.54 Å². The van der Waals surface area contributed by atoms with E-state index < -0.39 is 0 Å². The van der Waals surface area contributed by atoms with Crippen LogP contribution in [0, 0.1) is 12.8 Å². The molecule has 1 aliphatic carbocycles. The van der Waals surface area contributed by atoms with Crippen LogP contribution in [0.1, 0.15) is 55.3 Å². The van der Waals surface area contributed by atoms with E-state index in [1.807, 2.05) is 13.2 Å². The molecule has 2 rings (SSSR count). The van der Waals surface area contributed by atoms with Crippen molar-refractivity contribution in [2.45, 2.75) is 65.0 Å². The first kappa shape index (κ1) is 19.7. The summed E-state index contributed by atoms with van der Waals surface area (Å²) in [6.45, 7) is 5.13. The Balaban J connectivity index is 0.00000242. The number of aliphatic imine (C=N–C) groups is 1. The molecule has 126 valence electrons. The van der Waals surface area contributed by atoms with Crippen LogP contribution in [0.3, 0.4) is 0 Å². The number of guanidine groups is 1. The maximum atomic E-state index is 4.37. The minimum Gasteiger partial charge on any atom is -0.354 e. The molecule has 1 fully saturated rings. The van der Waals surface area contributed by atoms with Gasteiger partial charge < -0.3 is 10.6 Å². The van der Waals surface area contributed by atoms with Crippen LogP contribution in [0.25, 0.3) is 0 Å². The first-order chi connectivity index (χ1) is 10.2. The topological polar surface area (TPSA) is 49.3 Å². The van der Waals surface area contributed by atoms with E-state index in [1.165, 1.54) is 43.4 Å². The molecule has 22 heavy (non-hydrogen) atoms. The van der Waals surface area contributed by atoms with Crippen molar-refractivity contribution in [3.63, 3.8) is 0 Å². The molecule has 0 aliphatic heterocycles. The van der Waals surface area contributed by atoms with Gasteiger partial charge in [0, 0.05) is 24.2 Å². The number of hydrogen-bond acceptors (Lipinski definition) is 3. The van der Waals surface area contributed by atoms with Crippen molar-refractivity contribution in [3.05, 3.63) is 16.1 Å². The molecule has 6 heteroatoms. The Labute approximate surface area is 155 Å². The molecule has 0 aromatic carbocycles. The largest absolute Gasteiger partial charge is 0.354 e. The van der Waals surface area contributed by atoms with Gasteiger partial charge in [0.05, 0.1) is 6.54 Å². The Morgan fingerprint density at radius 2 is 2.09 bits per heavy atom. The summed E-state index contributed by atoms with van der Waals surface area (Å²) >= 11 is 1.74. The van der Waals surface area contributed by atoms with E-state index in [2.05, 4.69) is 34.5 Å². The number of aromatic nitrogens is 1. The van der Waals surface area contributed by atoms with Crippen LogP contribution in [0.4, 0.5) is 0 Å². The highest BCUT2D eigenvalue weighted by Gasteiger charge is 2.21. The highest BCUT2D eigenvalue weighted by molar-refractivity contribution is 14.0. The maximum Gasteiger partial charge on any atom is 0.191 e. The van der Waals surface area contributed by atoms with Gasteiger partial charge in [0.1, 0.15) is 5.01 Å². The van der Waals surface area contributed by atoms with Crippen LogP contribution in [0.5, 0.6) is 0 Å². The number of rotatable bonds is 5. The minimum atomic E-state index is 0. The lowest BCUT2D eigenvalue weighted by Gasteiger charge is -2.30. The smallest absolute Gasteiger partial charge is 0.191 e. The second-order valence-corrected chi connectivity index (χ2v) is 7.26. The molecule has 0 amide bonds. The Kier molecular flexibility index (Phi) is 9.31. The van der Waals surface area contributed by atoms with Crippen LogP contribution in [-0.4, -0.2) is 24.0 Å². The van der Waals surface area contributed by atoms with Crippen LogP contribution >= 0.6 is 35.3 Å². The van der Waals surface area contributed by atoms with Gasteiger partial charge in [-0.15, -0.1) is 35.3 Å². The Morgan fingerprint density at radius 3 is 2.64 bits per heavy atom. The number of nitrogens with zero attached hydrogens (tertiary/aromatic N) is 2. The third kappa shape index (κ3) is 6.40. The van der Waals surface area contributed by atoms with Gasteiger partial charge in [-0.25, -0.2) is 4.98 Å². The van der Waals surface area contributed by atoms with E-state index in [1.54, 1.807) is 11.3 Å². The molecule has 0 unspecified atom stereocenters. The molecule has 0 saturated heterocycles. The highest BCUT2D eigenvalue weighted by Crippen LogP contribution is 2.27. The molecular formula is C16H29IN4S. The zero-order valence-corrected chi connectivity index (χ0v) is 17.0. The van der Waals surface area contributed by atoms with E-state index >= 15 is 0 Å². The molecule has 1 saturated carbocycles. The summed E-state index contributed by atoms with van der Waals surface area (Å²) in [5.41, 5.74) is 0. The summed E-state index contributed by atoms with van der Waals surface area (Å²) in [5.74, 6) is 1.85. The summed E-state index contributed by atoms with van der Waals surface area (Å²) in [5, 5.41) is 8.04. The van der Waals surface area contributed by atoms with Crippen molar-refractivity contribution in [3.8, 4) is 0 Å². The van der Waals surface area contributed by atoms with Gasteiger partial charge in [0.25, 0.3) is 0 Å². The minimum absolute atomic E-state index is 0. The lowest BCUT2D eigenvalue weighted by molar-refractivity contribution is 0.295. The first-order valence-corrected chi connectivity index (χ1v) is 8.91. The zero-order chi connectivity index (χ0) is 15.1. The van der Waals surface area contributed by atoms with Crippen molar-refractivity contribution < 1.29 is 0 Å². The van der Waals surface area contributed by atoms with Gasteiger partial charge in [-0.3, -0.25) is 4.99 Å². The van der Waals surface area contributed by atoms with Crippen LogP contribution in [0.2, 0.25) is 0 Å². The summed E-state index contributed by atoms with van der Waals surface area (Å²) in [4.78, 5) is 9.96. The molecular weight excluding hydrogens is 407 g/mol. The van der Waals surface area contributed by atoms with E-state index in [0.29, 0.717) is 6.04 Å². The van der Waals surface area contributed by atoms with Crippen LogP contribution in [0.15, 0.2) is 11.2 Å². The lowest BCUT2D eigenvalue weighted by atomic mass is 9.83. The van der Waals surface area contributed by atoms with Crippen molar-refractivity contribution in [2.75, 3.05) is 7.05 Å². The quantitative estimate of drug-likeness (QED) is 0.415. The first-order valence-electron chi connectivity index (χ1n) is 8.09. The molecule has 0 atom stereocenters. The Morgan fingerprint density at radius 1 is 1.36 bits per heavy atom. The SMILES string of the molecule is CCCC1CCC(NC(=NC)NCc2ncc(C)s2)CC1.I. The number of thiazole rings is 1. The van der Waals surface area contributed by atoms with E-state index in [4.69, 9.17) is 0 Å². The number of aryl methyl sites for hydroxylation is 1. The Bertz CT molecular complexity index is 453. The third-order valence-electron chi connectivity index (χ3n) is 4.18. The average molecular weight is 436 g/mol. The van der Waals surface area contributed by atoms with Gasteiger partial charge in [0.15, 0.2) is 5.96 Å². The predicted octanol–water partition coefficient (Wildman–Crippen LogP) is 4.09. The second-order valence-electron chi connectivity index (χ2n) is 5.94. The third-order valence-corrected chi connectivity index (χ3v) is 5.10. The number of halogens is 1. The van der Waals surface area contributed by atoms with E-state index in [0.717, 1.165) is 23.4 Å². The van der Waals surface area contributed by atoms with Gasteiger partial charge in [-0.1, -0.05) is 19.8 Å². The highest BCUT2D eigenvalue weighted by atomic mass is 127. The number of nitrogens with one attached hydrogen (secondary N) is 2. The van der Waals surface area contributed by atoms with E-state index in [9.17, 15) is 0 Å². The molecule has 1 aromatic heterocycles. The maximum absolute atomic E-state index is 4.37. The van der Waals surface area contributed by atoms with Gasteiger partial charge in [-0.05, 0) is 38.5 Å². The molecule has 1 aliphatic rings. The van der Waals surface area contributed by atoms with E-state index in [-0.39, 0.29) is 24.0 Å². The molecule has 0 bridgehead atoms. The summed E-state index contributed by atoms with van der Waals surface area (Å²) < 4.78 is 0. The average Bonchev–Trinajstić information content (AvgIpc) is 2.91. The predicted molar refractivity (Wildman–Crippen MR) is 106 cm³/mol. The van der Waals surface area contributed by atoms with Gasteiger partial charge in [-0.2, -0.15) is 0 Å². The molecule has 4 nitrogen and oxygen atoms in total. The monoisotopic (exact) mass is 436 g/mol. The van der Waals surface area contributed by atoms with Crippen molar-refractivity contribution in [1.82, 2.24) is 15.6 Å². The fraction of sp³-hybridized carbons (Fsp3) is 0.750. The molecule has 2 N–H and O–H groups in total. The number of hydrogen-bond donors (Lipinski definition) is 2. The summed E-state index contributed by atoms with van der Waals surface area (Å²) in [6.07, 6.45) is 9.88.